The number of anilines is 1. The molecule has 1 aromatic heterocycles. The van der Waals surface area contributed by atoms with E-state index in [2.05, 4.69) is 5.32 Å². The Balaban J connectivity index is 1.92. The second-order valence-corrected chi connectivity index (χ2v) is 6.64. The van der Waals surface area contributed by atoms with E-state index >= 15 is 0 Å². The monoisotopic (exact) mass is 376 g/mol. The van der Waals surface area contributed by atoms with Gasteiger partial charge in [-0.3, -0.25) is 4.79 Å². The number of benzene rings is 2. The lowest BCUT2D eigenvalue weighted by atomic mass is 10.1. The maximum atomic E-state index is 12.6. The van der Waals surface area contributed by atoms with Crippen LogP contribution in [0.4, 0.5) is 5.69 Å². The summed E-state index contributed by atoms with van der Waals surface area (Å²) in [5.74, 6) is -0.831. The fourth-order valence-corrected chi connectivity index (χ4v) is 3.48. The van der Waals surface area contributed by atoms with Crippen molar-refractivity contribution in [1.82, 2.24) is 0 Å². The molecule has 1 heterocycles. The second-order valence-electron chi connectivity index (χ2n) is 5.58. The number of nitrogens with one attached hydrogen (secondary N) is 1. The zero-order valence-corrected chi connectivity index (χ0v) is 15.4. The highest BCUT2D eigenvalue weighted by Crippen LogP contribution is 2.35. The number of ether oxygens (including phenoxy) is 1. The molecule has 6 heteroatoms. The molecule has 3 aromatic rings. The van der Waals surface area contributed by atoms with Crippen molar-refractivity contribution in [2.45, 2.75) is 6.92 Å². The topological polar surface area (TPSA) is 79.2 Å². The number of carbonyl (C=O) groups excluding carboxylic acids is 2. The van der Waals surface area contributed by atoms with Gasteiger partial charge in [0.05, 0.1) is 23.9 Å². The summed E-state index contributed by atoms with van der Waals surface area (Å²) in [6.45, 7) is 1.99. The highest BCUT2D eigenvalue weighted by Gasteiger charge is 2.20. The van der Waals surface area contributed by atoms with Gasteiger partial charge in [-0.05, 0) is 42.8 Å². The Morgan fingerprint density at radius 1 is 1.11 bits per heavy atom. The number of carbonyl (C=O) groups is 2. The summed E-state index contributed by atoms with van der Waals surface area (Å²) < 4.78 is 5.12. The number of esters is 1. The normalized spacial score (nSPS) is 10.1. The highest BCUT2D eigenvalue weighted by molar-refractivity contribution is 7.18. The van der Waals surface area contributed by atoms with Gasteiger partial charge >= 0.3 is 5.97 Å². The van der Waals surface area contributed by atoms with Crippen molar-refractivity contribution in [3.05, 3.63) is 76.7 Å². The van der Waals surface area contributed by atoms with Gasteiger partial charge in [0.25, 0.3) is 5.91 Å². The third-order valence-electron chi connectivity index (χ3n) is 3.78. The van der Waals surface area contributed by atoms with Crippen LogP contribution in [0.25, 0.3) is 10.4 Å². The molecule has 0 fully saturated rings. The molecule has 1 N–H and O–H groups in total. The third-order valence-corrected chi connectivity index (χ3v) is 4.94. The number of hydrogen-bond acceptors (Lipinski definition) is 5. The summed E-state index contributed by atoms with van der Waals surface area (Å²) in [4.78, 5) is 26.1. The zero-order chi connectivity index (χ0) is 19.2. The summed E-state index contributed by atoms with van der Waals surface area (Å²) in [6.07, 6.45) is 0. The predicted molar refractivity (Wildman–Crippen MR) is 105 cm³/mol. The van der Waals surface area contributed by atoms with Crippen LogP contribution in [0, 0.1) is 11.3 Å². The molecule has 0 aliphatic carbocycles. The lowest BCUT2D eigenvalue weighted by Gasteiger charge is -2.06. The molecular weight excluding hydrogens is 360 g/mol. The molecule has 5 nitrogen and oxygen atoms in total. The molecule has 27 heavy (non-hydrogen) atoms. The van der Waals surface area contributed by atoms with Gasteiger partial charge in [0.15, 0.2) is 0 Å². The van der Waals surface area contributed by atoms with Crippen molar-refractivity contribution in [2.24, 2.45) is 0 Å². The first-order chi connectivity index (χ1) is 13.1. The van der Waals surface area contributed by atoms with E-state index in [0.29, 0.717) is 21.7 Å². The largest absolute Gasteiger partial charge is 0.462 e. The fourth-order valence-electron chi connectivity index (χ4n) is 2.47. The number of hydrogen-bond donors (Lipinski definition) is 1. The smallest absolute Gasteiger partial charge is 0.350 e. The van der Waals surface area contributed by atoms with Gasteiger partial charge < -0.3 is 10.1 Å². The van der Waals surface area contributed by atoms with E-state index in [1.807, 2.05) is 36.4 Å². The molecule has 0 unspecified atom stereocenters. The molecule has 134 valence electrons. The first-order valence-corrected chi connectivity index (χ1v) is 9.12. The Kier molecular flexibility index (Phi) is 5.64. The second kappa shape index (κ2) is 8.30. The van der Waals surface area contributed by atoms with Crippen LogP contribution in [0.1, 0.15) is 32.5 Å². The van der Waals surface area contributed by atoms with E-state index in [9.17, 15) is 9.59 Å². The lowest BCUT2D eigenvalue weighted by molar-refractivity contribution is 0.0533. The number of nitrogens with zero attached hydrogens (tertiary/aromatic N) is 1. The highest BCUT2D eigenvalue weighted by atomic mass is 32.1. The molecule has 0 atom stereocenters. The Hall–Kier alpha value is -3.43. The number of rotatable bonds is 5. The van der Waals surface area contributed by atoms with E-state index in [1.54, 1.807) is 37.3 Å². The summed E-state index contributed by atoms with van der Waals surface area (Å²) in [5, 5.41) is 11.6. The van der Waals surface area contributed by atoms with Crippen molar-refractivity contribution in [1.29, 1.82) is 5.26 Å². The molecule has 0 aliphatic rings. The van der Waals surface area contributed by atoms with Crippen LogP contribution in [-0.2, 0) is 4.74 Å². The summed E-state index contributed by atoms with van der Waals surface area (Å²) in [7, 11) is 0. The van der Waals surface area contributed by atoms with Gasteiger partial charge in [-0.1, -0.05) is 30.3 Å². The standard InChI is InChI=1S/C21H16N2O3S/c1-2-26-21(25)19-17(12-18(27-19)15-6-4-3-5-7-15)23-20(24)16-10-8-14(13-22)9-11-16/h3-12H,2H2,1H3,(H,23,24). The quantitative estimate of drug-likeness (QED) is 0.654. The number of nitriles is 1. The van der Waals surface area contributed by atoms with Crippen LogP contribution >= 0.6 is 11.3 Å². The number of thiophene rings is 1. The first kappa shape index (κ1) is 18.4. The number of amides is 1. The minimum atomic E-state index is -0.472. The van der Waals surface area contributed by atoms with E-state index < -0.39 is 5.97 Å². The van der Waals surface area contributed by atoms with Gasteiger partial charge in [0.1, 0.15) is 4.88 Å². The third kappa shape index (κ3) is 4.22. The van der Waals surface area contributed by atoms with Crippen LogP contribution in [-0.4, -0.2) is 18.5 Å². The fraction of sp³-hybridized carbons (Fsp3) is 0.0952. The van der Waals surface area contributed by atoms with Crippen molar-refractivity contribution in [3.8, 4) is 16.5 Å². The van der Waals surface area contributed by atoms with Crippen LogP contribution in [0.3, 0.4) is 0 Å². The summed E-state index contributed by atoms with van der Waals surface area (Å²) in [5.41, 5.74) is 2.23. The molecule has 2 aromatic carbocycles. The molecule has 1 amide bonds. The van der Waals surface area contributed by atoms with Crippen molar-refractivity contribution < 1.29 is 14.3 Å². The summed E-state index contributed by atoms with van der Waals surface area (Å²) in [6, 6.07) is 19.7. The maximum absolute atomic E-state index is 12.6. The molecule has 0 bridgehead atoms. The zero-order valence-electron chi connectivity index (χ0n) is 14.6. The minimum Gasteiger partial charge on any atom is -0.462 e. The van der Waals surface area contributed by atoms with Crippen LogP contribution in [0.2, 0.25) is 0 Å². The van der Waals surface area contributed by atoms with Crippen LogP contribution in [0.15, 0.2) is 60.7 Å². The molecule has 3 rings (SSSR count). The Morgan fingerprint density at radius 3 is 2.44 bits per heavy atom. The van der Waals surface area contributed by atoms with Gasteiger partial charge in [-0.2, -0.15) is 5.26 Å². The van der Waals surface area contributed by atoms with Crippen molar-refractivity contribution in [2.75, 3.05) is 11.9 Å². The van der Waals surface area contributed by atoms with Crippen molar-refractivity contribution in [3.63, 3.8) is 0 Å². The molecule has 0 spiro atoms. The predicted octanol–water partition coefficient (Wildman–Crippen LogP) is 4.72. The Bertz CT molecular complexity index is 1000. The average Bonchev–Trinajstić information content (AvgIpc) is 3.13. The van der Waals surface area contributed by atoms with E-state index in [4.69, 9.17) is 10.00 Å². The van der Waals surface area contributed by atoms with E-state index in [-0.39, 0.29) is 12.5 Å². The van der Waals surface area contributed by atoms with Crippen LogP contribution in [0.5, 0.6) is 0 Å². The van der Waals surface area contributed by atoms with E-state index in [1.165, 1.54) is 11.3 Å². The molecule has 0 saturated heterocycles. The first-order valence-electron chi connectivity index (χ1n) is 8.30. The minimum absolute atomic E-state index is 0.250. The van der Waals surface area contributed by atoms with Crippen LogP contribution < -0.4 is 5.32 Å². The molecule has 0 saturated carbocycles. The lowest BCUT2D eigenvalue weighted by Crippen LogP contribution is -2.14. The van der Waals surface area contributed by atoms with Gasteiger partial charge in [-0.15, -0.1) is 11.3 Å². The van der Waals surface area contributed by atoms with Gasteiger partial charge in [0, 0.05) is 10.4 Å². The Labute approximate surface area is 160 Å². The SMILES string of the molecule is CCOC(=O)c1sc(-c2ccccc2)cc1NC(=O)c1ccc(C#N)cc1. The van der Waals surface area contributed by atoms with Gasteiger partial charge in [0.2, 0.25) is 0 Å². The molecular formula is C21H16N2O3S. The maximum Gasteiger partial charge on any atom is 0.350 e. The molecule has 0 radical (unpaired) electrons. The van der Waals surface area contributed by atoms with Crippen molar-refractivity contribution >= 4 is 28.9 Å². The Morgan fingerprint density at radius 2 is 1.81 bits per heavy atom. The summed E-state index contributed by atoms with van der Waals surface area (Å²) >= 11 is 1.27. The van der Waals surface area contributed by atoms with Gasteiger partial charge in [-0.25, -0.2) is 4.79 Å². The molecule has 0 aliphatic heterocycles. The average molecular weight is 376 g/mol. The van der Waals surface area contributed by atoms with E-state index in [0.717, 1.165) is 10.4 Å².